The third kappa shape index (κ3) is 5.29. The number of nitrogens with one attached hydrogen (secondary N) is 1. The van der Waals surface area contributed by atoms with Crippen molar-refractivity contribution in [3.05, 3.63) is 77.9 Å². The van der Waals surface area contributed by atoms with Crippen molar-refractivity contribution >= 4 is 21.5 Å². The number of benzene rings is 3. The standard InChI is InChI=1S/C28H33N3O4S/c1-34-26-12-6-5-11-25(26)31-20-18-30(19-21-31)17-15-22-13-14-27(28-24(22)10-7-16-29-28)35-36(32,33)23-8-3-2-4-9-23/h2-6,8-9,11-14,29H,7,10,15-21H2,1H3. The Balaban J connectivity index is 1.25. The van der Waals surface area contributed by atoms with Crippen LogP contribution in [-0.4, -0.2) is 59.7 Å². The van der Waals surface area contributed by atoms with Crippen molar-refractivity contribution < 1.29 is 17.3 Å². The molecule has 2 aliphatic heterocycles. The van der Waals surface area contributed by atoms with Gasteiger partial charge in [0, 0.05) is 39.3 Å². The van der Waals surface area contributed by atoms with E-state index in [9.17, 15) is 8.42 Å². The zero-order valence-electron chi connectivity index (χ0n) is 20.7. The van der Waals surface area contributed by atoms with E-state index in [1.165, 1.54) is 11.1 Å². The third-order valence-corrected chi connectivity index (χ3v) is 8.25. The van der Waals surface area contributed by atoms with Crippen LogP contribution in [0.5, 0.6) is 11.5 Å². The van der Waals surface area contributed by atoms with Crippen molar-refractivity contribution in [2.45, 2.75) is 24.2 Å². The van der Waals surface area contributed by atoms with Crippen LogP contribution >= 0.6 is 0 Å². The molecule has 0 saturated carbocycles. The van der Waals surface area contributed by atoms with E-state index in [1.54, 1.807) is 43.5 Å². The second-order valence-electron chi connectivity index (χ2n) is 9.21. The topological polar surface area (TPSA) is 71.1 Å². The third-order valence-electron chi connectivity index (χ3n) is 7.00. The number of hydrogen-bond acceptors (Lipinski definition) is 7. The van der Waals surface area contributed by atoms with Crippen LogP contribution in [0.15, 0.2) is 71.6 Å². The van der Waals surface area contributed by atoms with E-state index in [0.29, 0.717) is 5.75 Å². The van der Waals surface area contributed by atoms with Gasteiger partial charge in [-0.05, 0) is 60.7 Å². The highest BCUT2D eigenvalue weighted by molar-refractivity contribution is 7.87. The molecule has 0 aromatic heterocycles. The van der Waals surface area contributed by atoms with E-state index in [4.69, 9.17) is 8.92 Å². The van der Waals surface area contributed by atoms with Crippen molar-refractivity contribution in [2.24, 2.45) is 0 Å². The van der Waals surface area contributed by atoms with E-state index in [1.807, 2.05) is 18.2 Å². The van der Waals surface area contributed by atoms with Gasteiger partial charge in [0.05, 0.1) is 18.5 Å². The maximum absolute atomic E-state index is 12.8. The van der Waals surface area contributed by atoms with Gasteiger partial charge >= 0.3 is 10.1 Å². The Hall–Kier alpha value is -3.23. The van der Waals surface area contributed by atoms with Crippen LogP contribution < -0.4 is 19.1 Å². The van der Waals surface area contributed by atoms with Gasteiger partial charge in [-0.1, -0.05) is 36.4 Å². The molecule has 3 aromatic rings. The van der Waals surface area contributed by atoms with Gasteiger partial charge in [-0.3, -0.25) is 4.90 Å². The number of anilines is 2. The Labute approximate surface area is 213 Å². The van der Waals surface area contributed by atoms with Gasteiger partial charge in [0.2, 0.25) is 0 Å². The number of para-hydroxylation sites is 2. The maximum Gasteiger partial charge on any atom is 0.339 e. The first-order valence-corrected chi connectivity index (χ1v) is 13.9. The van der Waals surface area contributed by atoms with Crippen molar-refractivity contribution in [3.63, 3.8) is 0 Å². The fourth-order valence-corrected chi connectivity index (χ4v) is 6.03. The van der Waals surface area contributed by atoms with Crippen molar-refractivity contribution in [1.82, 2.24) is 4.90 Å². The van der Waals surface area contributed by atoms with Crippen LogP contribution in [0.3, 0.4) is 0 Å². The van der Waals surface area contributed by atoms with Gasteiger partial charge in [0.1, 0.15) is 10.6 Å². The van der Waals surface area contributed by atoms with Crippen molar-refractivity contribution in [2.75, 3.05) is 56.6 Å². The molecule has 2 aliphatic rings. The smallest absolute Gasteiger partial charge is 0.339 e. The zero-order chi connectivity index (χ0) is 25.0. The predicted octanol–water partition coefficient (Wildman–Crippen LogP) is 4.19. The molecule has 0 aliphatic carbocycles. The first kappa shape index (κ1) is 24.5. The van der Waals surface area contributed by atoms with Crippen LogP contribution in [0.2, 0.25) is 0 Å². The molecule has 0 unspecified atom stereocenters. The lowest BCUT2D eigenvalue weighted by atomic mass is 9.95. The molecule has 1 saturated heterocycles. The van der Waals surface area contributed by atoms with E-state index in [2.05, 4.69) is 27.2 Å². The Morgan fingerprint density at radius 1 is 0.889 bits per heavy atom. The minimum atomic E-state index is -3.88. The van der Waals surface area contributed by atoms with Gasteiger partial charge in [-0.25, -0.2) is 0 Å². The quantitative estimate of drug-likeness (QED) is 0.459. The van der Waals surface area contributed by atoms with Crippen LogP contribution in [0, 0.1) is 0 Å². The highest BCUT2D eigenvalue weighted by Gasteiger charge is 2.24. The molecule has 1 N–H and O–H groups in total. The molecule has 190 valence electrons. The summed E-state index contributed by atoms with van der Waals surface area (Å²) in [5, 5.41) is 3.40. The number of nitrogens with zero attached hydrogens (tertiary/aromatic N) is 2. The van der Waals surface area contributed by atoms with E-state index in [-0.39, 0.29) is 4.90 Å². The number of piperazine rings is 1. The molecule has 2 heterocycles. The summed E-state index contributed by atoms with van der Waals surface area (Å²) in [5.74, 6) is 1.30. The summed E-state index contributed by atoms with van der Waals surface area (Å²) >= 11 is 0. The lowest BCUT2D eigenvalue weighted by molar-refractivity contribution is 0.260. The fraction of sp³-hybridized carbons (Fsp3) is 0.357. The van der Waals surface area contributed by atoms with Gasteiger partial charge in [-0.15, -0.1) is 0 Å². The average Bonchev–Trinajstić information content (AvgIpc) is 2.93. The minimum Gasteiger partial charge on any atom is -0.495 e. The van der Waals surface area contributed by atoms with Crippen LogP contribution in [0.4, 0.5) is 11.4 Å². The second kappa shape index (κ2) is 10.8. The molecule has 0 amide bonds. The lowest BCUT2D eigenvalue weighted by Gasteiger charge is -2.36. The van der Waals surface area contributed by atoms with Crippen LogP contribution in [-0.2, 0) is 23.0 Å². The Morgan fingerprint density at radius 3 is 2.42 bits per heavy atom. The molecular weight excluding hydrogens is 474 g/mol. The summed E-state index contributed by atoms with van der Waals surface area (Å²) in [7, 11) is -2.16. The highest BCUT2D eigenvalue weighted by Crippen LogP contribution is 2.37. The summed E-state index contributed by atoms with van der Waals surface area (Å²) in [4.78, 5) is 5.05. The number of methoxy groups -OCH3 is 1. The van der Waals surface area contributed by atoms with E-state index >= 15 is 0 Å². The summed E-state index contributed by atoms with van der Waals surface area (Å²) < 4.78 is 36.7. The molecule has 36 heavy (non-hydrogen) atoms. The molecular formula is C28H33N3O4S. The minimum absolute atomic E-state index is 0.158. The SMILES string of the molecule is COc1ccccc1N1CCN(CCc2ccc(OS(=O)(=O)c3ccccc3)c3c2CCCN3)CC1. The summed E-state index contributed by atoms with van der Waals surface area (Å²) in [6.07, 6.45) is 2.86. The first-order chi connectivity index (χ1) is 17.5. The highest BCUT2D eigenvalue weighted by atomic mass is 32.2. The second-order valence-corrected chi connectivity index (χ2v) is 10.8. The van der Waals surface area contributed by atoms with E-state index < -0.39 is 10.1 Å². The van der Waals surface area contributed by atoms with Gasteiger partial charge in [0.15, 0.2) is 5.75 Å². The molecule has 3 aromatic carbocycles. The number of ether oxygens (including phenoxy) is 1. The normalized spacial score (nSPS) is 16.2. The van der Waals surface area contributed by atoms with E-state index in [0.717, 1.165) is 75.7 Å². The molecule has 5 rings (SSSR count). The van der Waals surface area contributed by atoms with Crippen LogP contribution in [0.25, 0.3) is 0 Å². The maximum atomic E-state index is 12.8. The van der Waals surface area contributed by atoms with Gasteiger partial charge in [0.25, 0.3) is 0 Å². The van der Waals surface area contributed by atoms with Gasteiger partial charge < -0.3 is 19.1 Å². The number of rotatable bonds is 8. The molecule has 1 fully saturated rings. The average molecular weight is 508 g/mol. The molecule has 7 nitrogen and oxygen atoms in total. The summed E-state index contributed by atoms with van der Waals surface area (Å²) in [6.45, 7) is 5.69. The first-order valence-electron chi connectivity index (χ1n) is 12.5. The Kier molecular flexibility index (Phi) is 7.34. The van der Waals surface area contributed by atoms with Crippen LogP contribution in [0.1, 0.15) is 17.5 Å². The number of fused-ring (bicyclic) bond motifs is 1. The summed E-state index contributed by atoms with van der Waals surface area (Å²) in [6, 6.07) is 20.3. The fourth-order valence-electron chi connectivity index (χ4n) is 5.07. The monoisotopic (exact) mass is 507 g/mol. The van der Waals surface area contributed by atoms with Crippen molar-refractivity contribution in [1.29, 1.82) is 0 Å². The lowest BCUT2D eigenvalue weighted by Crippen LogP contribution is -2.47. The molecule has 0 bridgehead atoms. The van der Waals surface area contributed by atoms with Gasteiger partial charge in [-0.2, -0.15) is 8.42 Å². The summed E-state index contributed by atoms with van der Waals surface area (Å²) in [5.41, 5.74) is 4.41. The van der Waals surface area contributed by atoms with Crippen molar-refractivity contribution in [3.8, 4) is 11.5 Å². The molecule has 0 atom stereocenters. The zero-order valence-corrected chi connectivity index (χ0v) is 21.5. The Bertz CT molecular complexity index is 1290. The molecule has 0 spiro atoms. The molecule has 0 radical (unpaired) electrons. The largest absolute Gasteiger partial charge is 0.495 e. The Morgan fingerprint density at radius 2 is 1.64 bits per heavy atom. The molecule has 8 heteroatoms. The number of hydrogen-bond donors (Lipinski definition) is 1. The predicted molar refractivity (Wildman–Crippen MR) is 143 cm³/mol.